The maximum atomic E-state index is 14.3. The highest BCUT2D eigenvalue weighted by Crippen LogP contribution is 2.51. The van der Waals surface area contributed by atoms with Gasteiger partial charge >= 0.3 is 7.82 Å². The van der Waals surface area contributed by atoms with Crippen LogP contribution in [0.4, 0.5) is 0 Å². The number of hydrogen-bond acceptors (Lipinski definition) is 5. The zero-order valence-electron chi connectivity index (χ0n) is 25.8. The standard InChI is InChI=1S/C36H51O5P/c1-3-5-7-9-11-13-15-22-31-24-17-19-28-35(31)40-42(38,39-34-27-21-26-33(37)30-34)41-36-29-20-18-25-32(36)23-16-14-12-10-8-6-4-2/h17-21,24-30,37H,3-16,22-23H2,1-2H3. The van der Waals surface area contributed by atoms with E-state index in [1.165, 1.54) is 76.3 Å². The van der Waals surface area contributed by atoms with Gasteiger partial charge in [0, 0.05) is 6.07 Å². The molecule has 0 bridgehead atoms. The van der Waals surface area contributed by atoms with Crippen molar-refractivity contribution >= 4 is 7.82 Å². The van der Waals surface area contributed by atoms with Crippen LogP contribution in [0.25, 0.3) is 0 Å². The second-order valence-corrected chi connectivity index (χ2v) is 12.6. The van der Waals surface area contributed by atoms with Crippen molar-refractivity contribution in [1.82, 2.24) is 0 Å². The molecular weight excluding hydrogens is 543 g/mol. The lowest BCUT2D eigenvalue weighted by Crippen LogP contribution is -2.10. The zero-order chi connectivity index (χ0) is 29.9. The van der Waals surface area contributed by atoms with Crippen LogP contribution < -0.4 is 13.6 Å². The number of aromatic hydroxyl groups is 1. The smallest absolute Gasteiger partial charge is 0.508 e. The van der Waals surface area contributed by atoms with E-state index in [9.17, 15) is 9.67 Å². The maximum Gasteiger partial charge on any atom is 0.647 e. The van der Waals surface area contributed by atoms with Gasteiger partial charge in [0.1, 0.15) is 23.0 Å². The van der Waals surface area contributed by atoms with Crippen LogP contribution in [0.2, 0.25) is 0 Å². The lowest BCUT2D eigenvalue weighted by Gasteiger charge is -2.22. The number of para-hydroxylation sites is 2. The summed E-state index contributed by atoms with van der Waals surface area (Å²) in [6.45, 7) is 4.47. The molecule has 0 aromatic heterocycles. The van der Waals surface area contributed by atoms with Crippen LogP contribution in [-0.4, -0.2) is 5.11 Å². The summed E-state index contributed by atoms with van der Waals surface area (Å²) in [4.78, 5) is 0. The molecule has 0 fully saturated rings. The number of phenolic OH excluding ortho intramolecular Hbond substituents is 1. The summed E-state index contributed by atoms with van der Waals surface area (Å²) in [5.74, 6) is 1.22. The summed E-state index contributed by atoms with van der Waals surface area (Å²) >= 11 is 0. The average Bonchev–Trinajstić information content (AvgIpc) is 2.98. The highest BCUT2D eigenvalue weighted by molar-refractivity contribution is 7.49. The van der Waals surface area contributed by atoms with Gasteiger partial charge in [-0.25, -0.2) is 0 Å². The fraction of sp³-hybridized carbons (Fsp3) is 0.500. The molecule has 3 aromatic carbocycles. The van der Waals surface area contributed by atoms with E-state index in [2.05, 4.69) is 13.8 Å². The summed E-state index contributed by atoms with van der Waals surface area (Å²) in [6.07, 6.45) is 18.7. The SMILES string of the molecule is CCCCCCCCCc1ccccc1OP(=O)(Oc1cccc(O)c1)Oc1ccccc1CCCCCCCCC. The van der Waals surface area contributed by atoms with E-state index < -0.39 is 7.82 Å². The van der Waals surface area contributed by atoms with Crippen LogP contribution in [0.5, 0.6) is 23.0 Å². The van der Waals surface area contributed by atoms with Gasteiger partial charge in [0.25, 0.3) is 0 Å². The number of rotatable bonds is 22. The second kappa shape index (κ2) is 19.3. The second-order valence-electron chi connectivity index (χ2n) is 11.2. The molecule has 5 nitrogen and oxygen atoms in total. The zero-order valence-corrected chi connectivity index (χ0v) is 26.7. The predicted molar refractivity (Wildman–Crippen MR) is 174 cm³/mol. The Bertz CT molecular complexity index is 1140. The Morgan fingerprint density at radius 3 is 1.48 bits per heavy atom. The summed E-state index contributed by atoms with van der Waals surface area (Å²) in [5, 5.41) is 10.0. The predicted octanol–water partition coefficient (Wildman–Crippen LogP) is 11.6. The van der Waals surface area contributed by atoms with Crippen LogP contribution in [0.3, 0.4) is 0 Å². The van der Waals surface area contributed by atoms with Crippen LogP contribution in [-0.2, 0) is 17.4 Å². The molecule has 0 aliphatic carbocycles. The lowest BCUT2D eigenvalue weighted by atomic mass is 10.0. The Hall–Kier alpha value is -2.91. The average molecular weight is 595 g/mol. The van der Waals surface area contributed by atoms with Crippen molar-refractivity contribution in [2.24, 2.45) is 0 Å². The number of phenols is 1. The van der Waals surface area contributed by atoms with Gasteiger partial charge in [0.05, 0.1) is 0 Å². The summed E-state index contributed by atoms with van der Waals surface area (Å²) < 4.78 is 32.6. The molecule has 0 unspecified atom stereocenters. The van der Waals surface area contributed by atoms with Gasteiger partial charge in [-0.2, -0.15) is 4.57 Å². The quantitative estimate of drug-likeness (QED) is 0.0926. The highest BCUT2D eigenvalue weighted by Gasteiger charge is 2.34. The van der Waals surface area contributed by atoms with Gasteiger partial charge in [0.2, 0.25) is 0 Å². The summed E-state index contributed by atoms with van der Waals surface area (Å²) in [7, 11) is -4.18. The molecule has 0 amide bonds. The number of unbranched alkanes of at least 4 members (excludes halogenated alkanes) is 12. The Labute approximate surface area is 254 Å². The van der Waals surface area contributed by atoms with Crippen molar-refractivity contribution in [1.29, 1.82) is 0 Å². The van der Waals surface area contributed by atoms with E-state index in [-0.39, 0.29) is 11.5 Å². The van der Waals surface area contributed by atoms with Crippen molar-refractivity contribution < 1.29 is 23.2 Å². The van der Waals surface area contributed by atoms with Crippen molar-refractivity contribution in [3.8, 4) is 23.0 Å². The molecule has 3 rings (SSSR count). The van der Waals surface area contributed by atoms with E-state index >= 15 is 0 Å². The fourth-order valence-corrected chi connectivity index (χ4v) is 6.43. The minimum Gasteiger partial charge on any atom is -0.508 e. The third-order valence-corrected chi connectivity index (χ3v) is 8.77. The van der Waals surface area contributed by atoms with E-state index in [1.54, 1.807) is 12.1 Å². The minimum absolute atomic E-state index is 0.0118. The molecule has 42 heavy (non-hydrogen) atoms. The summed E-state index contributed by atoms with van der Waals surface area (Å²) in [5.41, 5.74) is 1.96. The van der Waals surface area contributed by atoms with E-state index in [4.69, 9.17) is 13.6 Å². The van der Waals surface area contributed by atoms with Gasteiger partial charge in [-0.05, 0) is 61.1 Å². The lowest BCUT2D eigenvalue weighted by molar-refractivity contribution is 0.295. The van der Waals surface area contributed by atoms with Gasteiger partial charge in [0.15, 0.2) is 0 Å². The maximum absolute atomic E-state index is 14.3. The Morgan fingerprint density at radius 1 is 0.548 bits per heavy atom. The molecule has 0 aliphatic heterocycles. The molecule has 0 atom stereocenters. The van der Waals surface area contributed by atoms with Crippen molar-refractivity contribution in [2.45, 2.75) is 117 Å². The molecule has 0 saturated heterocycles. The highest BCUT2D eigenvalue weighted by atomic mass is 31.2. The number of phosphoric acid groups is 1. The van der Waals surface area contributed by atoms with E-state index in [0.29, 0.717) is 11.5 Å². The third kappa shape index (κ3) is 12.5. The van der Waals surface area contributed by atoms with Crippen molar-refractivity contribution in [2.75, 3.05) is 0 Å². The molecule has 0 saturated carbocycles. The Morgan fingerprint density at radius 2 is 1.00 bits per heavy atom. The molecule has 0 spiro atoms. The molecule has 3 aromatic rings. The largest absolute Gasteiger partial charge is 0.647 e. The van der Waals surface area contributed by atoms with Crippen molar-refractivity contribution in [3.05, 3.63) is 83.9 Å². The van der Waals surface area contributed by atoms with Crippen LogP contribution in [0.15, 0.2) is 72.8 Å². The molecule has 6 heteroatoms. The number of benzene rings is 3. The molecule has 1 N–H and O–H groups in total. The third-order valence-electron chi connectivity index (χ3n) is 7.50. The van der Waals surface area contributed by atoms with Gasteiger partial charge < -0.3 is 18.7 Å². The number of aryl methyl sites for hydroxylation is 2. The Balaban J connectivity index is 1.72. The Kier molecular flexibility index (Phi) is 15.4. The van der Waals surface area contributed by atoms with Crippen LogP contribution >= 0.6 is 7.82 Å². The first kappa shape index (κ1) is 33.6. The van der Waals surface area contributed by atoms with Gasteiger partial charge in [-0.1, -0.05) is 133 Å². The van der Waals surface area contributed by atoms with Gasteiger partial charge in [-0.3, -0.25) is 0 Å². The monoisotopic (exact) mass is 594 g/mol. The molecule has 0 aliphatic rings. The number of phosphoric ester groups is 1. The molecule has 230 valence electrons. The first-order valence-corrected chi connectivity index (χ1v) is 17.6. The van der Waals surface area contributed by atoms with E-state index in [0.717, 1.165) is 49.7 Å². The molecular formula is C36H51O5P. The summed E-state index contributed by atoms with van der Waals surface area (Å²) in [6, 6.07) is 21.6. The first-order chi connectivity index (χ1) is 20.5. The minimum atomic E-state index is -4.18. The normalized spacial score (nSPS) is 11.4. The molecule has 0 radical (unpaired) electrons. The molecule has 0 heterocycles. The number of hydrogen-bond donors (Lipinski definition) is 1. The first-order valence-electron chi connectivity index (χ1n) is 16.2. The van der Waals surface area contributed by atoms with E-state index in [1.807, 2.05) is 48.5 Å². The van der Waals surface area contributed by atoms with Gasteiger partial charge in [-0.15, -0.1) is 0 Å². The topological polar surface area (TPSA) is 65.0 Å². The van der Waals surface area contributed by atoms with Crippen LogP contribution in [0.1, 0.15) is 115 Å². The van der Waals surface area contributed by atoms with Crippen molar-refractivity contribution in [3.63, 3.8) is 0 Å². The fourth-order valence-electron chi connectivity index (χ4n) is 5.11. The van der Waals surface area contributed by atoms with Crippen LogP contribution in [0, 0.1) is 0 Å².